The second-order valence-corrected chi connectivity index (χ2v) is 17.8. The van der Waals surface area contributed by atoms with E-state index in [1.807, 2.05) is 0 Å². The number of carbonyl (C=O) groups excluding carboxylic acids is 3. The Kier molecular flexibility index (Phi) is 25.6. The Morgan fingerprint density at radius 3 is 0.882 bits per heavy atom. The first-order chi connectivity index (χ1) is 40.7. The van der Waals surface area contributed by atoms with E-state index in [1.165, 1.54) is 24.0 Å². The van der Waals surface area contributed by atoms with Crippen molar-refractivity contribution in [2.24, 2.45) is 0 Å². The fourth-order valence-electron chi connectivity index (χ4n) is 6.41. The number of rotatable bonds is 23. The zero-order valence-corrected chi connectivity index (χ0v) is 44.3. The van der Waals surface area contributed by atoms with E-state index in [1.54, 1.807) is 24.3 Å². The van der Waals surface area contributed by atoms with Gasteiger partial charge in [-0.25, -0.2) is 37.3 Å². The second kappa shape index (κ2) is 28.6. The lowest BCUT2D eigenvalue weighted by molar-refractivity contribution is -0.544. The summed E-state index contributed by atoms with van der Waals surface area (Å²) in [6.45, 7) is -4.73. The molecule has 93 heavy (non-hydrogen) atoms. The Balaban J connectivity index is 0.000000916. The minimum Gasteiger partial charge on any atom is -0.497 e. The van der Waals surface area contributed by atoms with Gasteiger partial charge >= 0.3 is 97.5 Å². The van der Waals surface area contributed by atoms with Crippen molar-refractivity contribution in [2.75, 3.05) is 20.3 Å². The Labute approximate surface area is 500 Å². The average molecular weight is 1420 g/mol. The molecule has 0 heterocycles. The number of hydrogen-bond acceptors (Lipinski definition) is 13. The minimum atomic E-state index is -8.02. The summed E-state index contributed by atoms with van der Waals surface area (Å²) >= 11 is 0. The molecule has 0 saturated heterocycles. The molecule has 4 aromatic rings. The van der Waals surface area contributed by atoms with Gasteiger partial charge in [0.1, 0.15) is 23.0 Å². The lowest BCUT2D eigenvalue weighted by Gasteiger charge is -2.38. The summed E-state index contributed by atoms with van der Waals surface area (Å²) < 4.78 is 437. The van der Waals surface area contributed by atoms with E-state index < -0.39 is 150 Å². The van der Waals surface area contributed by atoms with E-state index in [4.69, 9.17) is 4.74 Å². The first kappa shape index (κ1) is 83.4. The van der Waals surface area contributed by atoms with Crippen LogP contribution in [0.2, 0.25) is 0 Å². The number of ether oxygens (including phenoxy) is 10. The van der Waals surface area contributed by atoms with Gasteiger partial charge < -0.3 is 28.4 Å². The van der Waals surface area contributed by atoms with Crippen LogP contribution in [0.25, 0.3) is 11.1 Å². The highest BCUT2D eigenvalue weighted by Crippen LogP contribution is 2.59. The summed E-state index contributed by atoms with van der Waals surface area (Å²) in [5, 5.41) is 0. The molecule has 0 bridgehead atoms. The molecule has 0 N–H and O–H groups in total. The predicted molar refractivity (Wildman–Crippen MR) is 248 cm³/mol. The molecular formula is C50H40F30O13. The number of esters is 1. The predicted octanol–water partition coefficient (Wildman–Crippen LogP) is 18.1. The molecule has 0 atom stereocenters. The van der Waals surface area contributed by atoms with Gasteiger partial charge in [-0.2, -0.15) is 123 Å². The molecule has 0 unspecified atom stereocenters. The lowest BCUT2D eigenvalue weighted by Crippen LogP contribution is -2.68. The molecule has 528 valence electrons. The maximum atomic E-state index is 14.2. The lowest BCUT2D eigenvalue weighted by atomic mass is 9.73. The van der Waals surface area contributed by atoms with Crippen LogP contribution < -0.4 is 18.9 Å². The molecule has 4 aromatic carbocycles. The van der Waals surface area contributed by atoms with Crippen LogP contribution in [0.1, 0.15) is 46.8 Å². The van der Waals surface area contributed by atoms with Gasteiger partial charge in [0.25, 0.3) is 0 Å². The van der Waals surface area contributed by atoms with E-state index in [0.29, 0.717) is 53.3 Å². The maximum Gasteiger partial charge on any atom is 0.514 e. The van der Waals surface area contributed by atoms with Gasteiger partial charge in [-0.3, -0.25) is 4.79 Å². The number of alkyl halides is 30. The Morgan fingerprint density at radius 1 is 0.344 bits per heavy atom. The number of methoxy groups -OCH3 is 1. The number of hydrogen-bond donors (Lipinski definition) is 0. The van der Waals surface area contributed by atoms with E-state index >= 15 is 0 Å². The molecule has 0 radical (unpaired) electrons. The molecule has 13 nitrogen and oxygen atoms in total. The van der Waals surface area contributed by atoms with E-state index in [9.17, 15) is 146 Å². The van der Waals surface area contributed by atoms with Crippen molar-refractivity contribution in [3.63, 3.8) is 0 Å². The first-order valence-electron chi connectivity index (χ1n) is 23.0. The molecule has 0 aromatic heterocycles. The van der Waals surface area contributed by atoms with Gasteiger partial charge in [-0.15, -0.1) is 0 Å². The van der Waals surface area contributed by atoms with Gasteiger partial charge in [0.05, 0.1) is 7.11 Å². The number of carbonyl (C=O) groups is 3. The van der Waals surface area contributed by atoms with Crippen LogP contribution in [-0.2, 0) is 38.6 Å². The SMILES string of the molecule is C.C.CC(=O)Oc1ccc(C(c2ccc(OC(=O)OCC(F)(F)OC(F)(F)C(F)(F)OC(F)(F)C(C)(C)F)cc2)(C(F)(F)F)C(F)(F)F)cc1.COc1ccc(-c2ccc(OC(=O)OCC(F)(F)OC(F)(F)C(F)(F)OC(F)(F)C(F)(C(F)(F)F)C(F)(F)F)cc2)cc1. The van der Waals surface area contributed by atoms with Gasteiger partial charge in [0.2, 0.25) is 5.41 Å². The summed E-state index contributed by atoms with van der Waals surface area (Å²) in [4.78, 5) is 34.3. The second-order valence-electron chi connectivity index (χ2n) is 17.8. The third-order valence-corrected chi connectivity index (χ3v) is 10.7. The van der Waals surface area contributed by atoms with Crippen molar-refractivity contribution in [2.45, 2.75) is 126 Å². The van der Waals surface area contributed by atoms with Crippen molar-refractivity contribution in [3.05, 3.63) is 108 Å². The van der Waals surface area contributed by atoms with Crippen LogP contribution in [0.3, 0.4) is 0 Å². The topological polar surface area (TPSA) is 144 Å². The highest BCUT2D eigenvalue weighted by atomic mass is 19.4. The molecule has 0 aliphatic rings. The van der Waals surface area contributed by atoms with Crippen LogP contribution in [0.5, 0.6) is 23.0 Å². The molecule has 43 heteroatoms. The zero-order valence-electron chi connectivity index (χ0n) is 44.3. The molecule has 4 rings (SSSR count). The van der Waals surface area contributed by atoms with Gasteiger partial charge in [-0.05, 0) is 84.6 Å². The fraction of sp³-hybridized carbons (Fsp3) is 0.460. The third kappa shape index (κ3) is 19.8. The molecule has 0 fully saturated rings. The third-order valence-electron chi connectivity index (χ3n) is 10.7. The molecular weight excluding hydrogens is 1380 g/mol. The van der Waals surface area contributed by atoms with Crippen molar-refractivity contribution in [1.29, 1.82) is 0 Å². The zero-order chi connectivity index (χ0) is 70.6. The Morgan fingerprint density at radius 2 is 0.613 bits per heavy atom. The van der Waals surface area contributed by atoms with Gasteiger partial charge in [-0.1, -0.05) is 63.4 Å². The summed E-state index contributed by atoms with van der Waals surface area (Å²) in [7, 11) is 1.42. The van der Waals surface area contributed by atoms with Gasteiger partial charge in [0.15, 0.2) is 18.9 Å². The molecule has 0 aliphatic carbocycles. The van der Waals surface area contributed by atoms with Crippen LogP contribution in [0, 0.1) is 0 Å². The number of halogens is 30. The largest absolute Gasteiger partial charge is 0.514 e. The van der Waals surface area contributed by atoms with Crippen molar-refractivity contribution < 1.29 is 193 Å². The molecule has 0 aliphatic heterocycles. The highest BCUT2D eigenvalue weighted by Gasteiger charge is 2.88. The first-order valence-corrected chi connectivity index (χ1v) is 23.0. The van der Waals surface area contributed by atoms with E-state index in [2.05, 4.69) is 37.9 Å². The average Bonchev–Trinajstić information content (AvgIpc) is 0.728. The molecule has 0 saturated carbocycles. The van der Waals surface area contributed by atoms with Crippen molar-refractivity contribution in [1.82, 2.24) is 0 Å². The summed E-state index contributed by atoms with van der Waals surface area (Å²) in [5.41, 5.74) is -18.6. The Bertz CT molecular complexity index is 3060. The highest BCUT2D eigenvalue weighted by molar-refractivity contribution is 5.69. The van der Waals surface area contributed by atoms with Crippen LogP contribution in [-0.4, -0.2) is 124 Å². The molecule has 0 amide bonds. The normalized spacial score (nSPS) is 13.7. The fourth-order valence-corrected chi connectivity index (χ4v) is 6.41. The maximum absolute atomic E-state index is 14.2. The summed E-state index contributed by atoms with van der Waals surface area (Å²) in [5.74, 6) is -2.23. The van der Waals surface area contributed by atoms with Crippen LogP contribution in [0.15, 0.2) is 97.1 Å². The summed E-state index contributed by atoms with van der Waals surface area (Å²) in [6.07, 6.45) is -85.2. The van der Waals surface area contributed by atoms with Crippen molar-refractivity contribution in [3.8, 4) is 34.1 Å². The van der Waals surface area contributed by atoms with E-state index in [0.717, 1.165) is 19.1 Å². The van der Waals surface area contributed by atoms with Crippen LogP contribution in [0.4, 0.5) is 141 Å². The summed E-state index contributed by atoms with van der Waals surface area (Å²) in [6, 6.07) is 14.2. The quantitative estimate of drug-likeness (QED) is 0.0301. The number of benzene rings is 4. The standard InChI is InChI=1S/C26H19F15O7.C22H13F15O6.2CH4/c1-13(42)45-16-8-4-14(5-9-16)21(22(30,31)32,23(33,34)35)15-6-10-17(11-7-15)46-18(43)44-12-20(28,29)47-25(38,39)26(40,41)48-24(36,37)19(2,3)27;1-39-13-6-2-11(3-7-13)12-4-8-14(9-5-12)41-15(38)40-10-16(23,24)42-21(34,35)22(36,37)43-20(32,33)17(25,18(26,27)28)19(29,30)31;;/h4-11H,12H2,1-3H3;2-9H,10H2,1H3;2*1H4. The smallest absolute Gasteiger partial charge is 0.497 e. The molecule has 0 spiro atoms. The van der Waals surface area contributed by atoms with Crippen molar-refractivity contribution >= 4 is 18.3 Å². The van der Waals surface area contributed by atoms with Gasteiger partial charge in [0, 0.05) is 6.92 Å². The van der Waals surface area contributed by atoms with Crippen LogP contribution >= 0.6 is 0 Å². The minimum absolute atomic E-state index is 0. The Hall–Kier alpha value is -7.57. The van der Waals surface area contributed by atoms with E-state index in [-0.39, 0.29) is 40.8 Å². The monoisotopic (exact) mass is 1420 g/mol.